The number of anilines is 4. The standard InChI is InChI=1S/C18H23N5O2/c1-3-19-16-11-17(21-12(2)20-16)22-13-6-8-14(9-7-13)23-18(24)15-5-4-10-25-15/h6-9,11,15H,3-5,10H2,1-2H3,(H,23,24)(H2,19,20,21,22). The molecule has 2 aromatic rings. The molecule has 1 aromatic heterocycles. The first-order chi connectivity index (χ1) is 12.1. The Morgan fingerprint density at radius 1 is 1.20 bits per heavy atom. The average Bonchev–Trinajstić information content (AvgIpc) is 3.11. The van der Waals surface area contributed by atoms with Gasteiger partial charge in [-0.1, -0.05) is 0 Å². The summed E-state index contributed by atoms with van der Waals surface area (Å²) in [6.45, 7) is 5.34. The fourth-order valence-corrected chi connectivity index (χ4v) is 2.70. The third kappa shape index (κ3) is 4.67. The maximum Gasteiger partial charge on any atom is 0.253 e. The lowest BCUT2D eigenvalue weighted by molar-refractivity contribution is -0.124. The minimum absolute atomic E-state index is 0.0834. The van der Waals surface area contributed by atoms with Gasteiger partial charge in [-0.15, -0.1) is 0 Å². The van der Waals surface area contributed by atoms with Gasteiger partial charge in [-0.05, 0) is 51.0 Å². The molecule has 3 N–H and O–H groups in total. The van der Waals surface area contributed by atoms with E-state index in [1.165, 1.54) is 0 Å². The molecule has 0 bridgehead atoms. The number of amides is 1. The van der Waals surface area contributed by atoms with Crippen molar-refractivity contribution in [2.24, 2.45) is 0 Å². The normalized spacial score (nSPS) is 16.5. The lowest BCUT2D eigenvalue weighted by Gasteiger charge is -2.12. The van der Waals surface area contributed by atoms with Crippen LogP contribution in [-0.2, 0) is 9.53 Å². The number of nitrogens with zero attached hydrogens (tertiary/aromatic N) is 2. The van der Waals surface area contributed by atoms with Crippen molar-refractivity contribution in [3.05, 3.63) is 36.2 Å². The molecule has 0 radical (unpaired) electrons. The quantitative estimate of drug-likeness (QED) is 0.748. The largest absolute Gasteiger partial charge is 0.370 e. The Morgan fingerprint density at radius 3 is 2.60 bits per heavy atom. The molecule has 1 aliphatic heterocycles. The Kier molecular flexibility index (Phi) is 5.45. The molecule has 1 aliphatic rings. The Hall–Kier alpha value is -2.67. The summed E-state index contributed by atoms with van der Waals surface area (Å²) in [5.74, 6) is 2.12. The zero-order chi connectivity index (χ0) is 17.6. The van der Waals surface area contributed by atoms with E-state index in [0.29, 0.717) is 12.4 Å². The highest BCUT2D eigenvalue weighted by atomic mass is 16.5. The van der Waals surface area contributed by atoms with Gasteiger partial charge >= 0.3 is 0 Å². The molecule has 1 aromatic carbocycles. The lowest BCUT2D eigenvalue weighted by Crippen LogP contribution is -2.26. The van der Waals surface area contributed by atoms with Crippen LogP contribution in [0.3, 0.4) is 0 Å². The summed E-state index contributed by atoms with van der Waals surface area (Å²) >= 11 is 0. The first-order valence-corrected chi connectivity index (χ1v) is 8.53. The first-order valence-electron chi connectivity index (χ1n) is 8.53. The van der Waals surface area contributed by atoms with Crippen molar-refractivity contribution < 1.29 is 9.53 Å². The predicted molar refractivity (Wildman–Crippen MR) is 98.3 cm³/mol. The van der Waals surface area contributed by atoms with Crippen molar-refractivity contribution in [2.45, 2.75) is 32.8 Å². The summed E-state index contributed by atoms with van der Waals surface area (Å²) in [5, 5.41) is 9.31. The van der Waals surface area contributed by atoms with Crippen LogP contribution >= 0.6 is 0 Å². The highest BCUT2D eigenvalue weighted by Crippen LogP contribution is 2.20. The number of ether oxygens (including phenoxy) is 1. The molecule has 3 rings (SSSR count). The van der Waals surface area contributed by atoms with Crippen LogP contribution in [0.2, 0.25) is 0 Å². The molecule has 7 heteroatoms. The van der Waals surface area contributed by atoms with E-state index >= 15 is 0 Å². The van der Waals surface area contributed by atoms with E-state index in [4.69, 9.17) is 4.74 Å². The number of benzene rings is 1. The van der Waals surface area contributed by atoms with Crippen molar-refractivity contribution in [2.75, 3.05) is 29.1 Å². The molecule has 0 saturated carbocycles. The van der Waals surface area contributed by atoms with Crippen LogP contribution in [0.25, 0.3) is 0 Å². The third-order valence-electron chi connectivity index (χ3n) is 3.84. The number of hydrogen-bond acceptors (Lipinski definition) is 6. The molecule has 2 heterocycles. The monoisotopic (exact) mass is 341 g/mol. The number of carbonyl (C=O) groups is 1. The van der Waals surface area contributed by atoms with Crippen molar-refractivity contribution in [1.29, 1.82) is 0 Å². The minimum Gasteiger partial charge on any atom is -0.370 e. The summed E-state index contributed by atoms with van der Waals surface area (Å²) in [7, 11) is 0. The van der Waals surface area contributed by atoms with Gasteiger partial charge < -0.3 is 20.7 Å². The maximum atomic E-state index is 12.1. The second kappa shape index (κ2) is 7.94. The van der Waals surface area contributed by atoms with Crippen molar-refractivity contribution in [3.8, 4) is 0 Å². The second-order valence-electron chi connectivity index (χ2n) is 5.91. The molecule has 1 atom stereocenters. The van der Waals surface area contributed by atoms with E-state index in [0.717, 1.165) is 42.4 Å². The van der Waals surface area contributed by atoms with Gasteiger partial charge in [0, 0.05) is 30.6 Å². The van der Waals surface area contributed by atoms with E-state index in [1.54, 1.807) is 0 Å². The van der Waals surface area contributed by atoms with Crippen LogP contribution in [0.4, 0.5) is 23.0 Å². The number of rotatable bonds is 6. The molecule has 25 heavy (non-hydrogen) atoms. The van der Waals surface area contributed by atoms with Crippen molar-refractivity contribution in [3.63, 3.8) is 0 Å². The van der Waals surface area contributed by atoms with E-state index < -0.39 is 0 Å². The zero-order valence-corrected chi connectivity index (χ0v) is 14.5. The molecule has 7 nitrogen and oxygen atoms in total. The Balaban J connectivity index is 1.63. The van der Waals surface area contributed by atoms with Gasteiger partial charge in [-0.25, -0.2) is 9.97 Å². The Labute approximate surface area is 147 Å². The number of nitrogens with one attached hydrogen (secondary N) is 3. The summed E-state index contributed by atoms with van der Waals surface area (Å²) in [4.78, 5) is 20.8. The van der Waals surface area contributed by atoms with Crippen molar-refractivity contribution >= 4 is 28.9 Å². The first kappa shape index (κ1) is 17.2. The van der Waals surface area contributed by atoms with Crippen LogP contribution in [0, 0.1) is 6.92 Å². The SMILES string of the molecule is CCNc1cc(Nc2ccc(NC(=O)C3CCCO3)cc2)nc(C)n1. The number of hydrogen-bond donors (Lipinski definition) is 3. The van der Waals surface area contributed by atoms with Crippen LogP contribution in [0.1, 0.15) is 25.6 Å². The van der Waals surface area contributed by atoms with Crippen LogP contribution in [0.15, 0.2) is 30.3 Å². The van der Waals surface area contributed by atoms with E-state index in [-0.39, 0.29) is 12.0 Å². The summed E-state index contributed by atoms with van der Waals surface area (Å²) in [6, 6.07) is 9.37. The van der Waals surface area contributed by atoms with Crippen LogP contribution in [0.5, 0.6) is 0 Å². The molecule has 0 spiro atoms. The molecular weight excluding hydrogens is 318 g/mol. The summed E-state index contributed by atoms with van der Waals surface area (Å²) in [5.41, 5.74) is 1.63. The fourth-order valence-electron chi connectivity index (χ4n) is 2.70. The minimum atomic E-state index is -0.328. The highest BCUT2D eigenvalue weighted by molar-refractivity contribution is 5.94. The maximum absolute atomic E-state index is 12.1. The van der Waals surface area contributed by atoms with Gasteiger partial charge in [0.05, 0.1) is 0 Å². The summed E-state index contributed by atoms with van der Waals surface area (Å²) < 4.78 is 5.39. The third-order valence-corrected chi connectivity index (χ3v) is 3.84. The van der Waals surface area contributed by atoms with Gasteiger partial charge in [0.1, 0.15) is 23.6 Å². The smallest absolute Gasteiger partial charge is 0.253 e. The van der Waals surface area contributed by atoms with Gasteiger partial charge in [0.2, 0.25) is 0 Å². The van der Waals surface area contributed by atoms with Gasteiger partial charge in [0.25, 0.3) is 5.91 Å². The number of aromatic nitrogens is 2. The average molecular weight is 341 g/mol. The fraction of sp³-hybridized carbons (Fsp3) is 0.389. The number of aryl methyl sites for hydroxylation is 1. The molecule has 1 amide bonds. The topological polar surface area (TPSA) is 88.2 Å². The Bertz CT molecular complexity index is 727. The van der Waals surface area contributed by atoms with E-state index in [9.17, 15) is 4.79 Å². The summed E-state index contributed by atoms with van der Waals surface area (Å²) in [6.07, 6.45) is 1.40. The predicted octanol–water partition coefficient (Wildman–Crippen LogP) is 3.08. The molecule has 132 valence electrons. The van der Waals surface area contributed by atoms with E-state index in [1.807, 2.05) is 44.2 Å². The molecule has 1 fully saturated rings. The molecule has 1 unspecified atom stereocenters. The zero-order valence-electron chi connectivity index (χ0n) is 14.5. The molecule has 1 saturated heterocycles. The highest BCUT2D eigenvalue weighted by Gasteiger charge is 2.23. The molecule has 0 aliphatic carbocycles. The lowest BCUT2D eigenvalue weighted by atomic mass is 10.2. The van der Waals surface area contributed by atoms with Gasteiger partial charge in [-0.3, -0.25) is 4.79 Å². The van der Waals surface area contributed by atoms with Crippen LogP contribution < -0.4 is 16.0 Å². The Morgan fingerprint density at radius 2 is 1.92 bits per heavy atom. The number of carbonyl (C=O) groups excluding carboxylic acids is 1. The van der Waals surface area contributed by atoms with E-state index in [2.05, 4.69) is 25.9 Å². The van der Waals surface area contributed by atoms with Crippen LogP contribution in [-0.4, -0.2) is 35.1 Å². The van der Waals surface area contributed by atoms with Crippen molar-refractivity contribution in [1.82, 2.24) is 9.97 Å². The van der Waals surface area contributed by atoms with Gasteiger partial charge in [-0.2, -0.15) is 0 Å². The second-order valence-corrected chi connectivity index (χ2v) is 5.91. The van der Waals surface area contributed by atoms with Gasteiger partial charge in [0.15, 0.2) is 0 Å². The molecular formula is C18H23N5O2.